The van der Waals surface area contributed by atoms with Gasteiger partial charge in [-0.05, 0) is 23.8 Å². The van der Waals surface area contributed by atoms with Crippen molar-refractivity contribution in [1.82, 2.24) is 0 Å². The highest BCUT2D eigenvalue weighted by Gasteiger charge is 2.12. The van der Waals surface area contributed by atoms with Crippen LogP contribution in [-0.4, -0.2) is 19.3 Å². The Hall–Kier alpha value is -0.580. The Morgan fingerprint density at radius 1 is 1.36 bits per heavy atom. The van der Waals surface area contributed by atoms with Crippen molar-refractivity contribution in [3.63, 3.8) is 0 Å². The van der Waals surface area contributed by atoms with E-state index in [0.29, 0.717) is 10.6 Å². The van der Waals surface area contributed by atoms with Gasteiger partial charge in [0.2, 0.25) is 0 Å². The number of sulfone groups is 1. The molecular weight excluding hydrogens is 224 g/mol. The fourth-order valence-electron chi connectivity index (χ4n) is 1.06. The van der Waals surface area contributed by atoms with Gasteiger partial charge >= 0.3 is 0 Å². The summed E-state index contributed by atoms with van der Waals surface area (Å²) in [5.74, 6) is 0.0260. The molecule has 0 bridgehead atoms. The van der Waals surface area contributed by atoms with E-state index in [-0.39, 0.29) is 17.3 Å². The molecule has 1 N–H and O–H groups in total. The molecule has 0 saturated carbocycles. The van der Waals surface area contributed by atoms with E-state index in [4.69, 9.17) is 16.7 Å². The summed E-state index contributed by atoms with van der Waals surface area (Å²) in [4.78, 5) is 0.163. The van der Waals surface area contributed by atoms with Crippen LogP contribution in [0.25, 0.3) is 0 Å². The third kappa shape index (κ3) is 2.47. The maximum Gasteiger partial charge on any atom is 0.178 e. The van der Waals surface area contributed by atoms with Crippen molar-refractivity contribution in [3.05, 3.63) is 28.8 Å². The zero-order valence-corrected chi connectivity index (χ0v) is 9.27. The Bertz CT molecular complexity index is 426. The second-order valence-electron chi connectivity index (χ2n) is 2.86. The van der Waals surface area contributed by atoms with Gasteiger partial charge in [0.05, 0.1) is 17.3 Å². The molecule has 14 heavy (non-hydrogen) atoms. The average Bonchev–Trinajstić information content (AvgIpc) is 2.16. The SMILES string of the molecule is CCS(=O)(=O)c1cc(Cl)cc(CO)c1. The van der Waals surface area contributed by atoms with Crippen molar-refractivity contribution in [2.24, 2.45) is 0 Å². The van der Waals surface area contributed by atoms with Gasteiger partial charge in [-0.2, -0.15) is 0 Å². The highest BCUT2D eigenvalue weighted by atomic mass is 35.5. The highest BCUT2D eigenvalue weighted by Crippen LogP contribution is 2.20. The standard InChI is InChI=1S/C9H11ClO3S/c1-2-14(12,13)9-4-7(6-11)3-8(10)5-9/h3-5,11H,2,6H2,1H3. The molecule has 78 valence electrons. The number of hydrogen-bond donors (Lipinski definition) is 1. The minimum atomic E-state index is -3.25. The summed E-state index contributed by atoms with van der Waals surface area (Å²) >= 11 is 5.72. The third-order valence-corrected chi connectivity index (χ3v) is 3.79. The zero-order chi connectivity index (χ0) is 10.8. The molecule has 1 aromatic carbocycles. The van der Waals surface area contributed by atoms with E-state index in [1.165, 1.54) is 18.2 Å². The Kier molecular flexibility index (Phi) is 3.53. The van der Waals surface area contributed by atoms with Crippen molar-refractivity contribution in [1.29, 1.82) is 0 Å². The van der Waals surface area contributed by atoms with Crippen LogP contribution in [0.4, 0.5) is 0 Å². The molecule has 3 nitrogen and oxygen atoms in total. The van der Waals surface area contributed by atoms with E-state index in [1.54, 1.807) is 6.92 Å². The van der Waals surface area contributed by atoms with Gasteiger partial charge < -0.3 is 5.11 Å². The number of hydrogen-bond acceptors (Lipinski definition) is 3. The van der Waals surface area contributed by atoms with Crippen molar-refractivity contribution < 1.29 is 13.5 Å². The fraction of sp³-hybridized carbons (Fsp3) is 0.333. The third-order valence-electron chi connectivity index (χ3n) is 1.85. The Morgan fingerprint density at radius 2 is 2.00 bits per heavy atom. The molecule has 0 amide bonds. The van der Waals surface area contributed by atoms with Gasteiger partial charge in [0.1, 0.15) is 0 Å². The van der Waals surface area contributed by atoms with Gasteiger partial charge in [-0.1, -0.05) is 18.5 Å². The molecular formula is C9H11ClO3S. The molecule has 1 rings (SSSR count). The normalized spacial score (nSPS) is 11.6. The molecule has 1 aromatic rings. The number of benzene rings is 1. The predicted octanol–water partition coefficient (Wildman–Crippen LogP) is 1.63. The molecule has 0 aliphatic rings. The Labute approximate surface area is 88.2 Å². The van der Waals surface area contributed by atoms with E-state index in [9.17, 15) is 8.42 Å². The van der Waals surface area contributed by atoms with Crippen LogP contribution >= 0.6 is 11.6 Å². The largest absolute Gasteiger partial charge is 0.392 e. The first-order valence-electron chi connectivity index (χ1n) is 4.12. The minimum Gasteiger partial charge on any atom is -0.392 e. The molecule has 0 radical (unpaired) electrons. The maximum absolute atomic E-state index is 11.5. The molecule has 0 aliphatic heterocycles. The summed E-state index contributed by atoms with van der Waals surface area (Å²) in [6.07, 6.45) is 0. The lowest BCUT2D eigenvalue weighted by molar-refractivity contribution is 0.281. The lowest BCUT2D eigenvalue weighted by Gasteiger charge is -2.04. The van der Waals surface area contributed by atoms with E-state index in [1.807, 2.05) is 0 Å². The molecule has 5 heteroatoms. The molecule has 0 heterocycles. The maximum atomic E-state index is 11.5. The second-order valence-corrected chi connectivity index (χ2v) is 5.57. The summed E-state index contributed by atoms with van der Waals surface area (Å²) in [6.45, 7) is 1.35. The predicted molar refractivity (Wildman–Crippen MR) is 55.1 cm³/mol. The molecule has 0 unspecified atom stereocenters. The topological polar surface area (TPSA) is 54.4 Å². The van der Waals surface area contributed by atoms with Crippen molar-refractivity contribution in [3.8, 4) is 0 Å². The summed E-state index contributed by atoms with van der Waals surface area (Å²) < 4.78 is 23.0. The van der Waals surface area contributed by atoms with Crippen molar-refractivity contribution in [2.75, 3.05) is 5.75 Å². The molecule has 0 saturated heterocycles. The van der Waals surface area contributed by atoms with Gasteiger partial charge in [0.25, 0.3) is 0 Å². The lowest BCUT2D eigenvalue weighted by atomic mass is 10.2. The van der Waals surface area contributed by atoms with Gasteiger partial charge in [-0.25, -0.2) is 8.42 Å². The molecule has 0 atom stereocenters. The highest BCUT2D eigenvalue weighted by molar-refractivity contribution is 7.91. The van der Waals surface area contributed by atoms with Crippen LogP contribution in [0.1, 0.15) is 12.5 Å². The van der Waals surface area contributed by atoms with Crippen LogP contribution < -0.4 is 0 Å². The number of halogens is 1. The van der Waals surface area contributed by atoms with Crippen LogP contribution in [-0.2, 0) is 16.4 Å². The first-order chi connectivity index (χ1) is 6.49. The van der Waals surface area contributed by atoms with Gasteiger partial charge in [-0.15, -0.1) is 0 Å². The average molecular weight is 235 g/mol. The van der Waals surface area contributed by atoms with E-state index < -0.39 is 9.84 Å². The zero-order valence-electron chi connectivity index (χ0n) is 7.70. The molecule has 0 fully saturated rings. The summed E-state index contributed by atoms with van der Waals surface area (Å²) in [5.41, 5.74) is 0.504. The van der Waals surface area contributed by atoms with E-state index in [2.05, 4.69) is 0 Å². The van der Waals surface area contributed by atoms with Crippen LogP contribution in [0, 0.1) is 0 Å². The van der Waals surface area contributed by atoms with Crippen LogP contribution in [0.5, 0.6) is 0 Å². The van der Waals surface area contributed by atoms with Crippen molar-refractivity contribution >= 4 is 21.4 Å². The smallest absolute Gasteiger partial charge is 0.178 e. The quantitative estimate of drug-likeness (QED) is 0.865. The van der Waals surface area contributed by atoms with Crippen molar-refractivity contribution in [2.45, 2.75) is 18.4 Å². The Balaban J connectivity index is 3.29. The van der Waals surface area contributed by atoms with Gasteiger partial charge in [0, 0.05) is 5.02 Å². The monoisotopic (exact) mass is 234 g/mol. The number of rotatable bonds is 3. The van der Waals surface area contributed by atoms with E-state index in [0.717, 1.165) is 0 Å². The van der Waals surface area contributed by atoms with Crippen LogP contribution in [0.2, 0.25) is 5.02 Å². The van der Waals surface area contributed by atoms with Crippen LogP contribution in [0.3, 0.4) is 0 Å². The first-order valence-corrected chi connectivity index (χ1v) is 6.15. The van der Waals surface area contributed by atoms with Gasteiger partial charge in [0.15, 0.2) is 9.84 Å². The second kappa shape index (κ2) is 4.29. The Morgan fingerprint density at radius 3 is 2.50 bits per heavy atom. The minimum absolute atomic E-state index is 0.0260. The first kappa shape index (κ1) is 11.5. The summed E-state index contributed by atoms with van der Waals surface area (Å²) in [7, 11) is -3.25. The van der Waals surface area contributed by atoms with E-state index >= 15 is 0 Å². The van der Waals surface area contributed by atoms with Crippen LogP contribution in [0.15, 0.2) is 23.1 Å². The molecule has 0 aromatic heterocycles. The van der Waals surface area contributed by atoms with Gasteiger partial charge in [-0.3, -0.25) is 0 Å². The molecule has 0 aliphatic carbocycles. The fourth-order valence-corrected chi connectivity index (χ4v) is 2.35. The molecule has 0 spiro atoms. The lowest BCUT2D eigenvalue weighted by Crippen LogP contribution is -2.04. The summed E-state index contributed by atoms with van der Waals surface area (Å²) in [6, 6.07) is 4.36. The number of aliphatic hydroxyl groups is 1. The number of aliphatic hydroxyl groups excluding tert-OH is 1. The summed E-state index contributed by atoms with van der Waals surface area (Å²) in [5, 5.41) is 9.19.